The van der Waals surface area contributed by atoms with Gasteiger partial charge in [-0.25, -0.2) is 12.8 Å². The molecule has 0 fully saturated rings. The number of halogens is 1. The van der Waals surface area contributed by atoms with Crippen LogP contribution in [0.15, 0.2) is 52.3 Å². The van der Waals surface area contributed by atoms with E-state index in [-0.39, 0.29) is 28.2 Å². The van der Waals surface area contributed by atoms with Gasteiger partial charge in [-0.2, -0.15) is 0 Å². The quantitative estimate of drug-likeness (QED) is 0.770. The average Bonchev–Trinajstić information content (AvgIpc) is 2.62. The summed E-state index contributed by atoms with van der Waals surface area (Å²) < 4.78 is 38.9. The second-order valence-corrected chi connectivity index (χ2v) is 10.3. The maximum atomic E-state index is 13.2. The highest BCUT2D eigenvalue weighted by atomic mass is 32.2. The van der Waals surface area contributed by atoms with E-state index < -0.39 is 26.8 Å². The van der Waals surface area contributed by atoms with Crippen LogP contribution in [0.3, 0.4) is 0 Å². The number of amides is 2. The molecule has 1 aliphatic heterocycles. The number of thioether (sulfide) groups is 1. The zero-order chi connectivity index (χ0) is 20.5. The molecule has 2 aromatic rings. The van der Waals surface area contributed by atoms with Crippen LogP contribution in [-0.4, -0.2) is 30.7 Å². The average molecular weight is 423 g/mol. The molecule has 1 heterocycles. The second kappa shape index (κ2) is 7.92. The van der Waals surface area contributed by atoms with Crippen LogP contribution < -0.4 is 10.6 Å². The molecule has 2 aromatic carbocycles. The summed E-state index contributed by atoms with van der Waals surface area (Å²) in [5.41, 5.74) is 0.841. The van der Waals surface area contributed by atoms with Gasteiger partial charge in [-0.15, -0.1) is 11.8 Å². The summed E-state index contributed by atoms with van der Waals surface area (Å²) in [7, 11) is -3.76. The first kappa shape index (κ1) is 20.3. The summed E-state index contributed by atoms with van der Waals surface area (Å²) in [5, 5.41) is 3.94. The zero-order valence-electron chi connectivity index (χ0n) is 15.2. The Hall–Kier alpha value is -2.39. The molecule has 2 amide bonds. The van der Waals surface area contributed by atoms with Crippen LogP contribution in [-0.2, 0) is 19.4 Å². The topological polar surface area (TPSA) is 92.3 Å². The molecule has 0 saturated heterocycles. The van der Waals surface area contributed by atoms with Gasteiger partial charge in [0.15, 0.2) is 9.84 Å². The zero-order valence-corrected chi connectivity index (χ0v) is 16.9. The Morgan fingerprint density at radius 3 is 2.75 bits per heavy atom. The molecular formula is C19H19FN2O4S2. The summed E-state index contributed by atoms with van der Waals surface area (Å²) in [6, 6.07) is 9.89. The maximum Gasteiger partial charge on any atom is 0.237 e. The lowest BCUT2D eigenvalue weighted by atomic mass is 10.2. The molecule has 2 atom stereocenters. The number of carbonyl (C=O) groups is 2. The van der Waals surface area contributed by atoms with Gasteiger partial charge in [-0.3, -0.25) is 9.59 Å². The number of hydrogen-bond acceptors (Lipinski definition) is 5. The van der Waals surface area contributed by atoms with Gasteiger partial charge in [-0.05, 0) is 50.2 Å². The van der Waals surface area contributed by atoms with Crippen molar-refractivity contribution in [1.82, 2.24) is 0 Å². The van der Waals surface area contributed by atoms with Gasteiger partial charge in [0, 0.05) is 17.0 Å². The number of rotatable bonds is 5. The van der Waals surface area contributed by atoms with Crippen LogP contribution in [0.5, 0.6) is 0 Å². The molecule has 0 aromatic heterocycles. The predicted molar refractivity (Wildman–Crippen MR) is 107 cm³/mol. The Bertz CT molecular complexity index is 1040. The van der Waals surface area contributed by atoms with Crippen molar-refractivity contribution in [1.29, 1.82) is 0 Å². The van der Waals surface area contributed by atoms with Crippen LogP contribution in [0.4, 0.5) is 15.8 Å². The largest absolute Gasteiger partial charge is 0.326 e. The predicted octanol–water partition coefficient (Wildman–Crippen LogP) is 3.45. The highest BCUT2D eigenvalue weighted by Crippen LogP contribution is 2.37. The molecule has 1 aliphatic rings. The Labute approximate surface area is 166 Å². The number of anilines is 2. The summed E-state index contributed by atoms with van der Waals surface area (Å²) >= 11 is 1.29. The SMILES string of the molecule is CC1Sc2cc(S(=O)(=O)C(C)CC(=O)Nc3cccc(F)c3)ccc2NC1=O. The van der Waals surface area contributed by atoms with Gasteiger partial charge in [0.25, 0.3) is 0 Å². The molecule has 0 bridgehead atoms. The fraction of sp³-hybridized carbons (Fsp3) is 0.263. The Balaban J connectivity index is 1.74. The lowest BCUT2D eigenvalue weighted by Gasteiger charge is -2.22. The summed E-state index contributed by atoms with van der Waals surface area (Å²) in [4.78, 5) is 24.7. The van der Waals surface area contributed by atoms with E-state index in [9.17, 15) is 22.4 Å². The van der Waals surface area contributed by atoms with Gasteiger partial charge in [0.1, 0.15) is 5.82 Å². The van der Waals surface area contributed by atoms with Gasteiger partial charge in [0.05, 0.1) is 21.1 Å². The third-order valence-corrected chi connectivity index (χ3v) is 7.62. The number of nitrogens with one attached hydrogen (secondary N) is 2. The van der Waals surface area contributed by atoms with E-state index in [1.165, 1.54) is 49.0 Å². The molecule has 0 radical (unpaired) electrons. The minimum absolute atomic E-state index is 0.0909. The number of hydrogen-bond donors (Lipinski definition) is 2. The van der Waals surface area contributed by atoms with Gasteiger partial charge < -0.3 is 10.6 Å². The van der Waals surface area contributed by atoms with E-state index in [1.54, 1.807) is 13.0 Å². The molecule has 148 valence electrons. The summed E-state index contributed by atoms with van der Waals surface area (Å²) in [5.74, 6) is -1.14. The first-order chi connectivity index (χ1) is 13.2. The van der Waals surface area contributed by atoms with Gasteiger partial charge in [0.2, 0.25) is 11.8 Å². The number of benzene rings is 2. The number of carbonyl (C=O) groups excluding carboxylic acids is 2. The smallest absolute Gasteiger partial charge is 0.237 e. The molecule has 0 spiro atoms. The van der Waals surface area contributed by atoms with Crippen molar-refractivity contribution in [3.63, 3.8) is 0 Å². The molecule has 2 N–H and O–H groups in total. The highest BCUT2D eigenvalue weighted by molar-refractivity contribution is 8.01. The minimum Gasteiger partial charge on any atom is -0.326 e. The second-order valence-electron chi connectivity index (χ2n) is 6.53. The Morgan fingerprint density at radius 1 is 1.29 bits per heavy atom. The monoisotopic (exact) mass is 422 g/mol. The van der Waals surface area contributed by atoms with Gasteiger partial charge >= 0.3 is 0 Å². The first-order valence-electron chi connectivity index (χ1n) is 8.57. The van der Waals surface area contributed by atoms with E-state index in [0.29, 0.717) is 10.6 Å². The van der Waals surface area contributed by atoms with Crippen molar-refractivity contribution in [3.8, 4) is 0 Å². The summed E-state index contributed by atoms with van der Waals surface area (Å²) in [6.07, 6.45) is -0.268. The highest BCUT2D eigenvalue weighted by Gasteiger charge is 2.29. The van der Waals surface area contributed by atoms with Crippen molar-refractivity contribution in [3.05, 3.63) is 48.3 Å². The first-order valence-corrected chi connectivity index (χ1v) is 11.0. The van der Waals surface area contributed by atoms with E-state index in [1.807, 2.05) is 0 Å². The molecular weight excluding hydrogens is 403 g/mol. The van der Waals surface area contributed by atoms with Crippen molar-refractivity contribution in [2.45, 2.75) is 40.6 Å². The van der Waals surface area contributed by atoms with Crippen molar-refractivity contribution < 1.29 is 22.4 Å². The van der Waals surface area contributed by atoms with Crippen LogP contribution in [0, 0.1) is 5.82 Å². The van der Waals surface area contributed by atoms with Gasteiger partial charge in [-0.1, -0.05) is 6.07 Å². The molecule has 28 heavy (non-hydrogen) atoms. The lowest BCUT2D eigenvalue weighted by Crippen LogP contribution is -2.27. The molecule has 0 saturated carbocycles. The van der Waals surface area contributed by atoms with Crippen molar-refractivity contribution in [2.75, 3.05) is 10.6 Å². The Kier molecular flexibility index (Phi) is 5.76. The summed E-state index contributed by atoms with van der Waals surface area (Å²) in [6.45, 7) is 3.20. The van der Waals surface area contributed by atoms with Crippen molar-refractivity contribution >= 4 is 44.8 Å². The third kappa shape index (κ3) is 4.36. The van der Waals surface area contributed by atoms with Crippen molar-refractivity contribution in [2.24, 2.45) is 0 Å². The van der Waals surface area contributed by atoms with Crippen LogP contribution >= 0.6 is 11.8 Å². The van der Waals surface area contributed by atoms with Crippen LogP contribution in [0.1, 0.15) is 20.3 Å². The molecule has 9 heteroatoms. The maximum absolute atomic E-state index is 13.2. The molecule has 2 unspecified atom stereocenters. The molecule has 6 nitrogen and oxygen atoms in total. The van der Waals surface area contributed by atoms with E-state index in [4.69, 9.17) is 0 Å². The molecule has 0 aliphatic carbocycles. The fourth-order valence-electron chi connectivity index (χ4n) is 2.74. The third-order valence-electron chi connectivity index (χ3n) is 4.32. The van der Waals surface area contributed by atoms with Crippen LogP contribution in [0.25, 0.3) is 0 Å². The number of sulfone groups is 1. The fourth-order valence-corrected chi connectivity index (χ4v) is 5.18. The normalized spacial score (nSPS) is 17.4. The lowest BCUT2D eigenvalue weighted by molar-refractivity contribution is -0.116. The minimum atomic E-state index is -3.76. The number of fused-ring (bicyclic) bond motifs is 1. The van der Waals surface area contributed by atoms with Crippen LogP contribution in [0.2, 0.25) is 0 Å². The standard InChI is InChI=1S/C19H19FN2O4S2/c1-11(8-18(23)21-14-5-3-4-13(20)9-14)28(25,26)15-6-7-16-17(10-15)27-12(2)19(24)22-16/h3-7,9-12H,8H2,1-2H3,(H,21,23)(H,22,24). The Morgan fingerprint density at radius 2 is 2.04 bits per heavy atom. The molecule has 3 rings (SSSR count). The van der Waals surface area contributed by atoms with E-state index in [0.717, 1.165) is 6.07 Å². The van der Waals surface area contributed by atoms with E-state index >= 15 is 0 Å². The van der Waals surface area contributed by atoms with E-state index in [2.05, 4.69) is 10.6 Å².